The van der Waals surface area contributed by atoms with Gasteiger partial charge in [-0.1, -0.05) is 49.4 Å². The van der Waals surface area contributed by atoms with Crippen LogP contribution >= 0.6 is 0 Å². The molecule has 0 aliphatic carbocycles. The number of carbonyl (C=O) groups is 1. The maximum absolute atomic E-state index is 12.4. The molecule has 0 spiro atoms. The minimum absolute atomic E-state index is 0.177. The van der Waals surface area contributed by atoms with Gasteiger partial charge in [0.2, 0.25) is 15.9 Å². The Bertz CT molecular complexity index is 930. The number of nitrogens with zero attached hydrogens (tertiary/aromatic N) is 2. The number of sulfonamides is 1. The molecule has 3 rings (SSSR count). The van der Waals surface area contributed by atoms with Crippen LogP contribution in [-0.4, -0.2) is 44.5 Å². The number of amides is 1. The smallest absolute Gasteiger partial charge is 0.235 e. The van der Waals surface area contributed by atoms with E-state index in [4.69, 9.17) is 0 Å². The first kappa shape index (κ1) is 22.3. The highest BCUT2D eigenvalue weighted by Crippen LogP contribution is 2.23. The second-order valence-corrected chi connectivity index (χ2v) is 10.1. The van der Waals surface area contributed by atoms with Crippen LogP contribution < -0.4 is 10.2 Å². The fourth-order valence-corrected chi connectivity index (χ4v) is 4.48. The minimum Gasteiger partial charge on any atom is -0.371 e. The molecule has 1 aliphatic heterocycles. The van der Waals surface area contributed by atoms with Crippen LogP contribution in [0.2, 0.25) is 0 Å². The Labute approximate surface area is 179 Å². The summed E-state index contributed by atoms with van der Waals surface area (Å²) in [4.78, 5) is 14.8. The molecule has 1 fully saturated rings. The lowest BCUT2D eigenvalue weighted by Crippen LogP contribution is -2.39. The van der Waals surface area contributed by atoms with Crippen LogP contribution in [0.4, 0.5) is 5.69 Å². The highest BCUT2D eigenvalue weighted by molar-refractivity contribution is 7.88. The van der Waals surface area contributed by atoms with Gasteiger partial charge in [-0.15, -0.1) is 0 Å². The molecule has 7 heteroatoms. The molecule has 1 N–H and O–H groups in total. The van der Waals surface area contributed by atoms with Gasteiger partial charge in [-0.25, -0.2) is 8.42 Å². The van der Waals surface area contributed by atoms with Crippen molar-refractivity contribution in [2.24, 2.45) is 5.92 Å². The zero-order valence-electron chi connectivity index (χ0n) is 17.8. The Morgan fingerprint density at radius 1 is 1.10 bits per heavy atom. The molecule has 2 aromatic carbocycles. The Hall–Kier alpha value is -2.38. The Morgan fingerprint density at radius 2 is 1.80 bits per heavy atom. The SMILES string of the molecule is C[C@H]1CCCN(c2ccc(CNC(=O)CN(Cc3ccccc3)S(C)(=O)=O)cc2)C1. The number of nitrogens with one attached hydrogen (secondary N) is 1. The molecule has 0 radical (unpaired) electrons. The van der Waals surface area contributed by atoms with Crippen molar-refractivity contribution in [3.05, 3.63) is 65.7 Å². The number of rotatable bonds is 8. The van der Waals surface area contributed by atoms with Gasteiger partial charge in [-0.05, 0) is 42.0 Å². The van der Waals surface area contributed by atoms with Gasteiger partial charge in [0.15, 0.2) is 0 Å². The van der Waals surface area contributed by atoms with Gasteiger partial charge in [-0.2, -0.15) is 4.31 Å². The standard InChI is InChI=1S/C23H31N3O3S/c1-19-7-6-14-25(16-19)22-12-10-20(11-13-22)15-24-23(27)18-26(30(2,28)29)17-21-8-4-3-5-9-21/h3-5,8-13,19H,6-7,14-18H2,1-2H3,(H,24,27)/t19-/m0/s1. The van der Waals surface area contributed by atoms with Gasteiger partial charge >= 0.3 is 0 Å². The fourth-order valence-electron chi connectivity index (χ4n) is 3.74. The van der Waals surface area contributed by atoms with Gasteiger partial charge < -0.3 is 10.2 Å². The number of anilines is 1. The van der Waals surface area contributed by atoms with Crippen LogP contribution in [0.1, 0.15) is 30.9 Å². The number of benzene rings is 2. The number of hydrogen-bond donors (Lipinski definition) is 1. The minimum atomic E-state index is -3.50. The van der Waals surface area contributed by atoms with E-state index in [-0.39, 0.29) is 19.0 Å². The molecule has 1 saturated heterocycles. The van der Waals surface area contributed by atoms with Crippen LogP contribution in [0.25, 0.3) is 0 Å². The lowest BCUT2D eigenvalue weighted by molar-refractivity contribution is -0.121. The Balaban J connectivity index is 1.53. The number of carbonyl (C=O) groups excluding carboxylic acids is 1. The Morgan fingerprint density at radius 3 is 2.43 bits per heavy atom. The van der Waals surface area contributed by atoms with Gasteiger partial charge in [0.05, 0.1) is 12.8 Å². The van der Waals surface area contributed by atoms with Crippen LogP contribution in [0.3, 0.4) is 0 Å². The first-order chi connectivity index (χ1) is 14.3. The summed E-state index contributed by atoms with van der Waals surface area (Å²) >= 11 is 0. The van der Waals surface area contributed by atoms with Gasteiger partial charge in [-0.3, -0.25) is 4.79 Å². The summed E-state index contributed by atoms with van der Waals surface area (Å²) in [5, 5.41) is 2.83. The highest BCUT2D eigenvalue weighted by Gasteiger charge is 2.20. The van der Waals surface area contributed by atoms with Crippen molar-refractivity contribution in [2.45, 2.75) is 32.9 Å². The van der Waals surface area contributed by atoms with E-state index in [1.54, 1.807) is 0 Å². The average Bonchev–Trinajstić information content (AvgIpc) is 2.72. The van der Waals surface area contributed by atoms with Crippen molar-refractivity contribution in [1.29, 1.82) is 0 Å². The fraction of sp³-hybridized carbons (Fsp3) is 0.435. The third kappa shape index (κ3) is 6.57. The largest absolute Gasteiger partial charge is 0.371 e. The lowest BCUT2D eigenvalue weighted by atomic mass is 9.99. The van der Waals surface area contributed by atoms with Crippen LogP contribution in [0, 0.1) is 5.92 Å². The van der Waals surface area contributed by atoms with Gasteiger partial charge in [0.25, 0.3) is 0 Å². The first-order valence-electron chi connectivity index (χ1n) is 10.4. The van der Waals surface area contributed by atoms with Crippen molar-refractivity contribution in [2.75, 3.05) is 30.8 Å². The quantitative estimate of drug-likeness (QED) is 0.700. The summed E-state index contributed by atoms with van der Waals surface area (Å²) in [6.07, 6.45) is 3.64. The summed E-state index contributed by atoms with van der Waals surface area (Å²) in [5.41, 5.74) is 3.05. The number of piperidine rings is 1. The molecule has 1 atom stereocenters. The summed E-state index contributed by atoms with van der Waals surface area (Å²) in [5.74, 6) is 0.400. The highest BCUT2D eigenvalue weighted by atomic mass is 32.2. The molecule has 0 saturated carbocycles. The van der Waals surface area contributed by atoms with E-state index in [1.165, 1.54) is 22.8 Å². The maximum Gasteiger partial charge on any atom is 0.235 e. The molecule has 6 nitrogen and oxygen atoms in total. The average molecular weight is 430 g/mol. The van der Waals surface area contributed by atoms with E-state index >= 15 is 0 Å². The van der Waals surface area contributed by atoms with Crippen molar-refractivity contribution in [3.8, 4) is 0 Å². The topological polar surface area (TPSA) is 69.7 Å². The van der Waals surface area contributed by atoms with Crippen molar-refractivity contribution >= 4 is 21.6 Å². The summed E-state index contributed by atoms with van der Waals surface area (Å²) < 4.78 is 25.4. The molecule has 1 heterocycles. The van der Waals surface area contributed by atoms with Crippen molar-refractivity contribution in [1.82, 2.24) is 9.62 Å². The maximum atomic E-state index is 12.4. The van der Waals surface area contributed by atoms with E-state index < -0.39 is 10.0 Å². The monoisotopic (exact) mass is 429 g/mol. The van der Waals surface area contributed by atoms with Gasteiger partial charge in [0.1, 0.15) is 0 Å². The normalized spacial score (nSPS) is 17.2. The molecule has 162 valence electrons. The van der Waals surface area contributed by atoms with Crippen molar-refractivity contribution < 1.29 is 13.2 Å². The number of hydrogen-bond acceptors (Lipinski definition) is 4. The molecule has 0 aromatic heterocycles. The zero-order chi connectivity index (χ0) is 21.6. The third-order valence-corrected chi connectivity index (χ3v) is 6.64. The van der Waals surface area contributed by atoms with E-state index in [9.17, 15) is 13.2 Å². The summed E-state index contributed by atoms with van der Waals surface area (Å²) in [7, 11) is -3.50. The third-order valence-electron chi connectivity index (χ3n) is 5.44. The molecule has 0 bridgehead atoms. The second-order valence-electron chi connectivity index (χ2n) is 8.15. The molecule has 30 heavy (non-hydrogen) atoms. The Kier molecular flexibility index (Phi) is 7.50. The summed E-state index contributed by atoms with van der Waals surface area (Å²) in [6, 6.07) is 17.5. The van der Waals surface area contributed by atoms with Crippen LogP contribution in [-0.2, 0) is 27.9 Å². The predicted molar refractivity (Wildman–Crippen MR) is 121 cm³/mol. The van der Waals surface area contributed by atoms with E-state index in [0.29, 0.717) is 12.5 Å². The van der Waals surface area contributed by atoms with E-state index in [0.717, 1.165) is 30.5 Å². The van der Waals surface area contributed by atoms with Crippen molar-refractivity contribution in [3.63, 3.8) is 0 Å². The molecular weight excluding hydrogens is 398 g/mol. The molecule has 2 aromatic rings. The van der Waals surface area contributed by atoms with Crippen LogP contribution in [0.15, 0.2) is 54.6 Å². The predicted octanol–water partition coefficient (Wildman–Crippen LogP) is 3.00. The van der Waals surface area contributed by atoms with Gasteiger partial charge in [0, 0.05) is 31.9 Å². The second kappa shape index (κ2) is 10.1. The first-order valence-corrected chi connectivity index (χ1v) is 12.3. The van der Waals surface area contributed by atoms with E-state index in [2.05, 4.69) is 29.3 Å². The lowest BCUT2D eigenvalue weighted by Gasteiger charge is -2.32. The molecule has 1 aliphatic rings. The molecular formula is C23H31N3O3S. The van der Waals surface area contributed by atoms with Crippen LogP contribution in [0.5, 0.6) is 0 Å². The molecule has 0 unspecified atom stereocenters. The van der Waals surface area contributed by atoms with E-state index in [1.807, 2.05) is 42.5 Å². The molecule has 1 amide bonds. The summed E-state index contributed by atoms with van der Waals surface area (Å²) in [6.45, 7) is 4.81. The zero-order valence-corrected chi connectivity index (χ0v) is 18.6.